The molecule has 0 bridgehead atoms. The van der Waals surface area contributed by atoms with Crippen LogP contribution < -0.4 is 0 Å². The van der Waals surface area contributed by atoms with Crippen molar-refractivity contribution in [2.24, 2.45) is 5.92 Å². The first kappa shape index (κ1) is 12.5. The molecule has 2 aliphatic heterocycles. The Morgan fingerprint density at radius 3 is 2.74 bits per heavy atom. The average molecular weight is 277 g/mol. The molecular formula is C14H15NO3S. The number of carboxylic acids is 1. The Balaban J connectivity index is 1.76. The van der Waals surface area contributed by atoms with Crippen LogP contribution in [0.25, 0.3) is 0 Å². The van der Waals surface area contributed by atoms with Crippen molar-refractivity contribution in [1.82, 2.24) is 4.90 Å². The van der Waals surface area contributed by atoms with Crippen LogP contribution in [0.3, 0.4) is 0 Å². The quantitative estimate of drug-likeness (QED) is 0.898. The predicted molar refractivity (Wildman–Crippen MR) is 73.1 cm³/mol. The van der Waals surface area contributed by atoms with E-state index in [-0.39, 0.29) is 11.8 Å². The maximum atomic E-state index is 12.3. The molecule has 5 heteroatoms. The van der Waals surface area contributed by atoms with Crippen LogP contribution in [0.15, 0.2) is 18.2 Å². The topological polar surface area (TPSA) is 57.6 Å². The lowest BCUT2D eigenvalue weighted by molar-refractivity contribution is -0.135. The normalized spacial score (nSPS) is 21.5. The zero-order valence-electron chi connectivity index (χ0n) is 10.5. The van der Waals surface area contributed by atoms with Crippen molar-refractivity contribution in [1.29, 1.82) is 0 Å². The Hall–Kier alpha value is -1.49. The fourth-order valence-electron chi connectivity index (χ4n) is 2.67. The molecule has 1 fully saturated rings. The highest BCUT2D eigenvalue weighted by Crippen LogP contribution is 2.30. The third-order valence-corrected chi connectivity index (χ3v) is 4.93. The zero-order valence-corrected chi connectivity index (χ0v) is 11.3. The lowest BCUT2D eigenvalue weighted by Crippen LogP contribution is -2.31. The highest BCUT2D eigenvalue weighted by Gasteiger charge is 2.31. The van der Waals surface area contributed by atoms with E-state index in [2.05, 4.69) is 0 Å². The number of carbonyl (C=O) groups excluding carboxylic acids is 1. The molecular weight excluding hydrogens is 262 g/mol. The molecule has 1 atom stereocenters. The Morgan fingerprint density at radius 2 is 2.05 bits per heavy atom. The molecule has 4 nitrogen and oxygen atoms in total. The molecule has 0 radical (unpaired) electrons. The van der Waals surface area contributed by atoms with Crippen molar-refractivity contribution in [3.8, 4) is 0 Å². The van der Waals surface area contributed by atoms with Crippen LogP contribution in [-0.2, 0) is 17.9 Å². The fourth-order valence-corrected chi connectivity index (χ4v) is 3.88. The van der Waals surface area contributed by atoms with Crippen molar-refractivity contribution in [3.63, 3.8) is 0 Å². The van der Waals surface area contributed by atoms with Crippen LogP contribution in [0, 0.1) is 5.92 Å². The van der Waals surface area contributed by atoms with Crippen LogP contribution in [0.1, 0.15) is 27.9 Å². The van der Waals surface area contributed by atoms with Gasteiger partial charge in [-0.2, -0.15) is 11.8 Å². The number of fused-ring (bicyclic) bond motifs is 1. The molecule has 0 aromatic heterocycles. The fraction of sp³-hybridized carbons (Fsp3) is 0.429. The Labute approximate surface area is 115 Å². The number of thioether (sulfide) groups is 1. The molecule has 0 saturated carbocycles. The van der Waals surface area contributed by atoms with Crippen molar-refractivity contribution < 1.29 is 14.7 Å². The van der Waals surface area contributed by atoms with E-state index in [1.807, 2.05) is 22.7 Å². The second-order valence-corrected chi connectivity index (χ2v) is 6.19. The summed E-state index contributed by atoms with van der Waals surface area (Å²) < 4.78 is 0. The van der Waals surface area contributed by atoms with Crippen molar-refractivity contribution in [3.05, 3.63) is 34.9 Å². The third kappa shape index (κ3) is 2.34. The van der Waals surface area contributed by atoms with Crippen molar-refractivity contribution in [2.45, 2.75) is 19.5 Å². The van der Waals surface area contributed by atoms with Gasteiger partial charge in [-0.05, 0) is 35.4 Å². The lowest BCUT2D eigenvalue weighted by Gasteiger charge is -2.19. The van der Waals surface area contributed by atoms with E-state index in [1.54, 1.807) is 12.1 Å². The number of amides is 1. The number of nitrogens with zero attached hydrogens (tertiary/aromatic N) is 1. The van der Waals surface area contributed by atoms with Crippen LogP contribution >= 0.6 is 11.8 Å². The highest BCUT2D eigenvalue weighted by molar-refractivity contribution is 7.99. The largest absolute Gasteiger partial charge is 0.478 e. The number of hydrogen-bond acceptors (Lipinski definition) is 3. The van der Waals surface area contributed by atoms with Crippen LogP contribution in [0.4, 0.5) is 0 Å². The van der Waals surface area contributed by atoms with Crippen LogP contribution in [0.5, 0.6) is 0 Å². The molecule has 1 N–H and O–H groups in total. The van der Waals surface area contributed by atoms with Crippen LogP contribution in [-0.4, -0.2) is 33.4 Å². The van der Waals surface area contributed by atoms with Gasteiger partial charge in [-0.15, -0.1) is 0 Å². The lowest BCUT2D eigenvalue weighted by atomic mass is 10.1. The number of carbonyl (C=O) groups is 2. The summed E-state index contributed by atoms with van der Waals surface area (Å²) in [6, 6.07) is 5.13. The molecule has 1 amide bonds. The number of hydrogen-bond donors (Lipinski definition) is 1. The summed E-state index contributed by atoms with van der Waals surface area (Å²) in [5, 5.41) is 8.98. The summed E-state index contributed by atoms with van der Waals surface area (Å²) in [5.74, 6) is 1.45. The van der Waals surface area contributed by atoms with E-state index >= 15 is 0 Å². The molecule has 0 spiro atoms. The second-order valence-electron chi connectivity index (χ2n) is 5.04. The van der Waals surface area contributed by atoms with Gasteiger partial charge in [0, 0.05) is 24.8 Å². The van der Waals surface area contributed by atoms with Gasteiger partial charge >= 0.3 is 5.97 Å². The van der Waals surface area contributed by atoms with Gasteiger partial charge < -0.3 is 10.0 Å². The molecule has 3 rings (SSSR count). The van der Waals surface area contributed by atoms with E-state index in [4.69, 9.17) is 5.11 Å². The number of carboxylic acid groups (broad SMARTS) is 1. The van der Waals surface area contributed by atoms with Gasteiger partial charge in [-0.1, -0.05) is 6.07 Å². The van der Waals surface area contributed by atoms with E-state index in [0.717, 1.165) is 29.1 Å². The van der Waals surface area contributed by atoms with Gasteiger partial charge in [0.2, 0.25) is 5.91 Å². The van der Waals surface area contributed by atoms with Crippen LogP contribution in [0.2, 0.25) is 0 Å². The standard InChI is InChI=1S/C14H15NO3S/c16-13(11-3-4-19-8-11)15-6-10-2-1-9(14(17)18)5-12(10)7-15/h1-2,5,11H,3-4,6-8H2,(H,17,18). The second kappa shape index (κ2) is 4.89. The number of benzene rings is 1. The number of rotatable bonds is 2. The Morgan fingerprint density at radius 1 is 1.26 bits per heavy atom. The molecule has 2 heterocycles. The molecule has 1 saturated heterocycles. The van der Waals surface area contributed by atoms with Gasteiger partial charge in [-0.3, -0.25) is 4.79 Å². The SMILES string of the molecule is O=C(O)c1ccc2c(c1)CN(C(=O)C1CCSC1)C2. The molecule has 2 aliphatic rings. The molecule has 1 aromatic rings. The zero-order chi connectivity index (χ0) is 13.4. The summed E-state index contributed by atoms with van der Waals surface area (Å²) in [4.78, 5) is 25.1. The van der Waals surface area contributed by atoms with Crippen molar-refractivity contribution in [2.75, 3.05) is 11.5 Å². The van der Waals surface area contributed by atoms with Gasteiger partial charge in [0.25, 0.3) is 0 Å². The summed E-state index contributed by atoms with van der Waals surface area (Å²) in [6.45, 7) is 1.17. The van der Waals surface area contributed by atoms with E-state index in [0.29, 0.717) is 18.7 Å². The van der Waals surface area contributed by atoms with Gasteiger partial charge in [-0.25, -0.2) is 4.79 Å². The smallest absolute Gasteiger partial charge is 0.335 e. The minimum Gasteiger partial charge on any atom is -0.478 e. The van der Waals surface area contributed by atoms with Crippen molar-refractivity contribution >= 4 is 23.6 Å². The average Bonchev–Trinajstić information content (AvgIpc) is 3.06. The third-order valence-electron chi connectivity index (χ3n) is 3.77. The summed E-state index contributed by atoms with van der Waals surface area (Å²) >= 11 is 1.83. The summed E-state index contributed by atoms with van der Waals surface area (Å²) in [6.07, 6.45) is 0.969. The maximum Gasteiger partial charge on any atom is 0.335 e. The monoisotopic (exact) mass is 277 g/mol. The molecule has 0 aliphatic carbocycles. The van der Waals surface area contributed by atoms with Gasteiger partial charge in [0.05, 0.1) is 5.56 Å². The molecule has 1 unspecified atom stereocenters. The predicted octanol–water partition coefficient (Wildman–Crippen LogP) is 1.98. The molecule has 19 heavy (non-hydrogen) atoms. The first-order valence-corrected chi connectivity index (χ1v) is 7.52. The van der Waals surface area contributed by atoms with Gasteiger partial charge in [0.1, 0.15) is 0 Å². The molecule has 100 valence electrons. The van der Waals surface area contributed by atoms with E-state index < -0.39 is 5.97 Å². The van der Waals surface area contributed by atoms with Gasteiger partial charge in [0.15, 0.2) is 0 Å². The van der Waals surface area contributed by atoms with E-state index in [1.165, 1.54) is 0 Å². The number of aromatic carboxylic acids is 1. The first-order chi connectivity index (χ1) is 9.15. The minimum atomic E-state index is -0.917. The molecule has 1 aromatic carbocycles. The first-order valence-electron chi connectivity index (χ1n) is 6.37. The Kier molecular flexibility index (Phi) is 3.22. The highest BCUT2D eigenvalue weighted by atomic mass is 32.2. The summed E-state index contributed by atoms with van der Waals surface area (Å²) in [7, 11) is 0. The summed E-state index contributed by atoms with van der Waals surface area (Å²) in [5.41, 5.74) is 2.34. The van der Waals surface area contributed by atoms with E-state index in [9.17, 15) is 9.59 Å². The Bertz CT molecular complexity index is 537. The maximum absolute atomic E-state index is 12.3. The minimum absolute atomic E-state index is 0.151.